The Morgan fingerprint density at radius 1 is 1.12 bits per heavy atom. The maximum absolute atomic E-state index is 11.6. The van der Waals surface area contributed by atoms with Crippen LogP contribution >= 0.6 is 0 Å². The van der Waals surface area contributed by atoms with Crippen molar-refractivity contribution >= 4 is 12.1 Å². The van der Waals surface area contributed by atoms with Crippen molar-refractivity contribution in [3.63, 3.8) is 0 Å². The Hall–Kier alpha value is -1.50. The second kappa shape index (κ2) is 12.0. The fourth-order valence-corrected chi connectivity index (χ4v) is 2.19. The molecule has 7 heteroatoms. The molecule has 0 aliphatic rings. The fourth-order valence-electron chi connectivity index (χ4n) is 2.19. The van der Waals surface area contributed by atoms with E-state index >= 15 is 0 Å². The van der Waals surface area contributed by atoms with Crippen molar-refractivity contribution in [3.8, 4) is 0 Å². The molecule has 25 heavy (non-hydrogen) atoms. The van der Waals surface area contributed by atoms with Gasteiger partial charge in [-0.25, -0.2) is 4.79 Å². The zero-order chi connectivity index (χ0) is 19.5. The highest BCUT2D eigenvalue weighted by atomic mass is 16.6. The quantitative estimate of drug-likeness (QED) is 0.334. The van der Waals surface area contributed by atoms with Gasteiger partial charge in [0.15, 0.2) is 5.96 Å². The number of likely N-dealkylation sites (N-methyl/N-ethyl adjacent to an activating group) is 1. The Labute approximate surface area is 154 Å². The molecule has 1 amide bonds. The van der Waals surface area contributed by atoms with Crippen LogP contribution < -0.4 is 16.0 Å². The molecule has 3 N–H and O–H groups in total. The molecular weight excluding hydrogens is 318 g/mol. The highest BCUT2D eigenvalue weighted by Gasteiger charge is 2.15. The zero-order valence-electron chi connectivity index (χ0n) is 17.4. The lowest BCUT2D eigenvalue weighted by atomic mass is 10.0. The van der Waals surface area contributed by atoms with Crippen LogP contribution in [-0.4, -0.2) is 68.9 Å². The van der Waals surface area contributed by atoms with E-state index in [0.29, 0.717) is 25.0 Å². The minimum atomic E-state index is -0.481. The summed E-state index contributed by atoms with van der Waals surface area (Å²) in [6.45, 7) is 14.6. The second-order valence-corrected chi connectivity index (χ2v) is 7.82. The third kappa shape index (κ3) is 13.5. The number of hydrogen-bond donors (Lipinski definition) is 3. The van der Waals surface area contributed by atoms with Gasteiger partial charge in [-0.1, -0.05) is 13.8 Å². The molecule has 0 bridgehead atoms. The van der Waals surface area contributed by atoms with E-state index in [1.165, 1.54) is 0 Å². The summed E-state index contributed by atoms with van der Waals surface area (Å²) < 4.78 is 5.21. The third-order valence-electron chi connectivity index (χ3n) is 3.36. The van der Waals surface area contributed by atoms with E-state index in [9.17, 15) is 4.79 Å². The Morgan fingerprint density at radius 2 is 1.72 bits per heavy atom. The number of ether oxygens (including phenoxy) is 1. The van der Waals surface area contributed by atoms with Crippen molar-refractivity contribution in [3.05, 3.63) is 0 Å². The van der Waals surface area contributed by atoms with Crippen molar-refractivity contribution in [2.24, 2.45) is 10.9 Å². The molecule has 1 unspecified atom stereocenters. The molecule has 0 aromatic rings. The summed E-state index contributed by atoms with van der Waals surface area (Å²) in [4.78, 5) is 18.5. The number of rotatable bonds is 9. The number of amides is 1. The molecule has 1 atom stereocenters. The SMILES string of the molecule is CCNC(=NCC(CC(C)C)N(C)C)NCCNC(=O)OC(C)(C)C. The summed E-state index contributed by atoms with van der Waals surface area (Å²) in [6, 6.07) is 0.412. The van der Waals surface area contributed by atoms with Gasteiger partial charge in [0.05, 0.1) is 6.54 Å². The number of nitrogens with one attached hydrogen (secondary N) is 3. The monoisotopic (exact) mass is 357 g/mol. The van der Waals surface area contributed by atoms with Crippen LogP contribution in [0, 0.1) is 5.92 Å². The first-order valence-electron chi connectivity index (χ1n) is 9.20. The molecule has 148 valence electrons. The lowest BCUT2D eigenvalue weighted by molar-refractivity contribution is 0.0529. The highest BCUT2D eigenvalue weighted by molar-refractivity contribution is 5.79. The third-order valence-corrected chi connectivity index (χ3v) is 3.36. The predicted octanol–water partition coefficient (Wildman–Crippen LogP) is 2.04. The van der Waals surface area contributed by atoms with Crippen LogP contribution in [0.25, 0.3) is 0 Å². The number of carbonyl (C=O) groups excluding carboxylic acids is 1. The number of guanidine groups is 1. The normalized spacial score (nSPS) is 13.8. The van der Waals surface area contributed by atoms with E-state index in [2.05, 4.69) is 53.8 Å². The van der Waals surface area contributed by atoms with Gasteiger partial charge in [-0.2, -0.15) is 0 Å². The Kier molecular flexibility index (Phi) is 11.2. The first-order valence-corrected chi connectivity index (χ1v) is 9.20. The van der Waals surface area contributed by atoms with Gasteiger partial charge in [0.25, 0.3) is 0 Å². The lowest BCUT2D eigenvalue weighted by Crippen LogP contribution is -2.43. The van der Waals surface area contributed by atoms with Crippen molar-refractivity contribution in [1.29, 1.82) is 0 Å². The topological polar surface area (TPSA) is 78.0 Å². The molecule has 0 spiro atoms. The maximum atomic E-state index is 11.6. The summed E-state index contributed by atoms with van der Waals surface area (Å²) in [7, 11) is 4.18. The van der Waals surface area contributed by atoms with Gasteiger partial charge < -0.3 is 25.6 Å². The van der Waals surface area contributed by atoms with Gasteiger partial charge in [-0.15, -0.1) is 0 Å². The van der Waals surface area contributed by atoms with Crippen LogP contribution in [0.1, 0.15) is 48.0 Å². The number of alkyl carbamates (subject to hydrolysis) is 1. The van der Waals surface area contributed by atoms with Crippen molar-refractivity contribution in [1.82, 2.24) is 20.9 Å². The maximum Gasteiger partial charge on any atom is 0.407 e. The first kappa shape index (κ1) is 23.5. The molecule has 0 rings (SSSR count). The molecule has 0 saturated heterocycles. The first-order chi connectivity index (χ1) is 11.5. The van der Waals surface area contributed by atoms with E-state index in [4.69, 9.17) is 4.74 Å². The Morgan fingerprint density at radius 3 is 2.20 bits per heavy atom. The number of carbonyl (C=O) groups is 1. The van der Waals surface area contributed by atoms with Gasteiger partial charge in [-0.05, 0) is 54.1 Å². The standard InChI is InChI=1S/C18H39N5O2/c1-9-19-16(22-13-15(23(7)8)12-14(2)3)20-10-11-21-17(24)25-18(4,5)6/h14-15H,9-13H2,1-8H3,(H,21,24)(H2,19,20,22). The van der Waals surface area contributed by atoms with E-state index in [1.807, 2.05) is 27.7 Å². The molecule has 0 aliphatic heterocycles. The fraction of sp³-hybridized carbons (Fsp3) is 0.889. The van der Waals surface area contributed by atoms with Gasteiger partial charge in [0, 0.05) is 25.7 Å². The highest BCUT2D eigenvalue weighted by Crippen LogP contribution is 2.09. The van der Waals surface area contributed by atoms with Crippen LogP contribution in [0.2, 0.25) is 0 Å². The number of aliphatic imine (C=N–C) groups is 1. The lowest BCUT2D eigenvalue weighted by Gasteiger charge is -2.25. The van der Waals surface area contributed by atoms with Crippen LogP contribution in [0.15, 0.2) is 4.99 Å². The molecule has 0 aromatic heterocycles. The minimum Gasteiger partial charge on any atom is -0.444 e. The molecule has 7 nitrogen and oxygen atoms in total. The summed E-state index contributed by atoms with van der Waals surface area (Å²) in [5, 5.41) is 9.20. The summed E-state index contributed by atoms with van der Waals surface area (Å²) in [5.41, 5.74) is -0.481. The molecule has 0 heterocycles. The Bertz CT molecular complexity index is 403. The summed E-state index contributed by atoms with van der Waals surface area (Å²) in [5.74, 6) is 1.40. The van der Waals surface area contributed by atoms with E-state index in [0.717, 1.165) is 25.5 Å². The zero-order valence-corrected chi connectivity index (χ0v) is 17.4. The van der Waals surface area contributed by atoms with E-state index < -0.39 is 11.7 Å². The van der Waals surface area contributed by atoms with Crippen LogP contribution in [0.4, 0.5) is 4.79 Å². The summed E-state index contributed by atoms with van der Waals surface area (Å²) >= 11 is 0. The van der Waals surface area contributed by atoms with Gasteiger partial charge in [0.2, 0.25) is 0 Å². The van der Waals surface area contributed by atoms with Crippen LogP contribution in [0.3, 0.4) is 0 Å². The molecule has 0 fully saturated rings. The van der Waals surface area contributed by atoms with Gasteiger partial charge in [-0.3, -0.25) is 4.99 Å². The smallest absolute Gasteiger partial charge is 0.407 e. The number of nitrogens with zero attached hydrogens (tertiary/aromatic N) is 2. The van der Waals surface area contributed by atoms with E-state index in [1.54, 1.807) is 0 Å². The average molecular weight is 358 g/mol. The molecule has 0 aromatic carbocycles. The largest absolute Gasteiger partial charge is 0.444 e. The average Bonchev–Trinajstić information content (AvgIpc) is 2.45. The van der Waals surface area contributed by atoms with Crippen molar-refractivity contribution in [2.45, 2.75) is 59.6 Å². The van der Waals surface area contributed by atoms with Crippen molar-refractivity contribution < 1.29 is 9.53 Å². The van der Waals surface area contributed by atoms with Crippen LogP contribution in [-0.2, 0) is 4.74 Å². The summed E-state index contributed by atoms with van der Waals surface area (Å²) in [6.07, 6.45) is 0.705. The molecule has 0 aliphatic carbocycles. The van der Waals surface area contributed by atoms with E-state index in [-0.39, 0.29) is 0 Å². The predicted molar refractivity (Wildman–Crippen MR) is 105 cm³/mol. The molecule has 0 saturated carbocycles. The number of hydrogen-bond acceptors (Lipinski definition) is 4. The molecular formula is C18H39N5O2. The molecule has 0 radical (unpaired) electrons. The second-order valence-electron chi connectivity index (χ2n) is 7.82. The van der Waals surface area contributed by atoms with Gasteiger partial charge in [0.1, 0.15) is 5.60 Å². The minimum absolute atomic E-state index is 0.402. The van der Waals surface area contributed by atoms with Gasteiger partial charge >= 0.3 is 6.09 Å². The van der Waals surface area contributed by atoms with Crippen molar-refractivity contribution in [2.75, 3.05) is 40.3 Å². The van der Waals surface area contributed by atoms with Crippen LogP contribution in [0.5, 0.6) is 0 Å². The Balaban J connectivity index is 4.37.